The highest BCUT2D eigenvalue weighted by Crippen LogP contribution is 2.54. The number of fused-ring (bicyclic) bond motifs is 3. The molecule has 1 amide bonds. The summed E-state index contributed by atoms with van der Waals surface area (Å²) in [5.41, 5.74) is 4.12. The molecule has 3 aromatic rings. The van der Waals surface area contributed by atoms with E-state index in [1.165, 1.54) is 23.9 Å². The van der Waals surface area contributed by atoms with Gasteiger partial charge >= 0.3 is 0 Å². The van der Waals surface area contributed by atoms with Crippen molar-refractivity contribution < 1.29 is 13.9 Å². The van der Waals surface area contributed by atoms with Crippen LogP contribution in [0.1, 0.15) is 18.1 Å². The number of benzene rings is 3. The summed E-state index contributed by atoms with van der Waals surface area (Å²) < 4.78 is 18.3. The van der Waals surface area contributed by atoms with E-state index >= 15 is 0 Å². The molecule has 2 aliphatic heterocycles. The van der Waals surface area contributed by atoms with Gasteiger partial charge in [0.2, 0.25) is 5.91 Å². The van der Waals surface area contributed by atoms with E-state index in [0.29, 0.717) is 6.61 Å². The number of anilines is 2. The SMILES string of the molecule is CCOc1ccc2c(c1)SC1(C=C(c3ccc(F)cc3)N2)C(=O)Nc2ccccc21. The normalized spacial score (nSPS) is 19.3. The first-order valence-corrected chi connectivity index (χ1v) is 10.5. The molecule has 0 saturated carbocycles. The standard InChI is InChI=1S/C24H19FN2O2S/c1-2-29-17-11-12-20-22(13-17)30-24(18-5-3-4-6-19(18)27-23(24)28)14-21(26-20)15-7-9-16(25)10-8-15/h3-14,26H,2H2,1H3,(H,27,28). The van der Waals surface area contributed by atoms with Gasteiger partial charge in [-0.05, 0) is 55.0 Å². The van der Waals surface area contributed by atoms with Gasteiger partial charge in [-0.25, -0.2) is 4.39 Å². The maximum absolute atomic E-state index is 13.5. The van der Waals surface area contributed by atoms with E-state index in [2.05, 4.69) is 10.6 Å². The Morgan fingerprint density at radius 2 is 1.80 bits per heavy atom. The molecule has 30 heavy (non-hydrogen) atoms. The van der Waals surface area contributed by atoms with Crippen LogP contribution in [0.5, 0.6) is 5.75 Å². The molecule has 1 unspecified atom stereocenters. The fraction of sp³-hybridized carbons (Fsp3) is 0.125. The number of carbonyl (C=O) groups is 1. The highest BCUT2D eigenvalue weighted by Gasteiger charge is 2.48. The summed E-state index contributed by atoms with van der Waals surface area (Å²) in [5, 5.41) is 6.46. The number of ether oxygens (including phenoxy) is 1. The zero-order valence-electron chi connectivity index (χ0n) is 16.2. The monoisotopic (exact) mass is 418 g/mol. The van der Waals surface area contributed by atoms with Crippen molar-refractivity contribution in [1.29, 1.82) is 0 Å². The molecule has 150 valence electrons. The molecule has 0 radical (unpaired) electrons. The third-order valence-electron chi connectivity index (χ3n) is 5.22. The van der Waals surface area contributed by atoms with E-state index in [0.717, 1.165) is 38.8 Å². The van der Waals surface area contributed by atoms with Crippen LogP contribution in [0.15, 0.2) is 77.7 Å². The number of thioether (sulfide) groups is 1. The number of halogens is 1. The summed E-state index contributed by atoms with van der Waals surface area (Å²) in [5.74, 6) is 0.338. The number of carbonyl (C=O) groups excluding carboxylic acids is 1. The lowest BCUT2D eigenvalue weighted by atomic mass is 9.96. The van der Waals surface area contributed by atoms with Gasteiger partial charge < -0.3 is 15.4 Å². The Bertz CT molecular complexity index is 1180. The van der Waals surface area contributed by atoms with E-state index in [4.69, 9.17) is 4.74 Å². The van der Waals surface area contributed by atoms with E-state index in [9.17, 15) is 9.18 Å². The first-order valence-electron chi connectivity index (χ1n) is 9.72. The molecule has 0 saturated heterocycles. The molecule has 0 bridgehead atoms. The highest BCUT2D eigenvalue weighted by atomic mass is 32.2. The van der Waals surface area contributed by atoms with Crippen LogP contribution in [-0.2, 0) is 9.54 Å². The van der Waals surface area contributed by atoms with Crippen LogP contribution in [0.3, 0.4) is 0 Å². The molecular formula is C24H19FN2O2S. The van der Waals surface area contributed by atoms with Gasteiger partial charge in [-0.15, -0.1) is 0 Å². The van der Waals surface area contributed by atoms with E-state index in [-0.39, 0.29) is 11.7 Å². The molecule has 6 heteroatoms. The lowest BCUT2D eigenvalue weighted by Crippen LogP contribution is -2.29. The average Bonchev–Trinajstić information content (AvgIpc) is 2.90. The van der Waals surface area contributed by atoms with Gasteiger partial charge in [-0.1, -0.05) is 42.1 Å². The molecule has 5 rings (SSSR count). The molecule has 4 nitrogen and oxygen atoms in total. The zero-order chi connectivity index (χ0) is 20.7. The zero-order valence-corrected chi connectivity index (χ0v) is 17.1. The molecule has 2 N–H and O–H groups in total. The van der Waals surface area contributed by atoms with Crippen molar-refractivity contribution in [2.75, 3.05) is 17.2 Å². The van der Waals surface area contributed by atoms with Gasteiger partial charge in [-0.2, -0.15) is 0 Å². The Kier molecular flexibility index (Phi) is 4.51. The van der Waals surface area contributed by atoms with Crippen LogP contribution >= 0.6 is 11.8 Å². The smallest absolute Gasteiger partial charge is 0.249 e. The van der Waals surface area contributed by atoms with Crippen LogP contribution in [0, 0.1) is 5.82 Å². The van der Waals surface area contributed by atoms with E-state index in [1.807, 2.05) is 55.5 Å². The first kappa shape index (κ1) is 18.8. The van der Waals surface area contributed by atoms with Crippen molar-refractivity contribution in [3.8, 4) is 5.75 Å². The maximum atomic E-state index is 13.5. The number of hydrogen-bond acceptors (Lipinski definition) is 4. The third-order valence-corrected chi connectivity index (χ3v) is 6.62. The number of rotatable bonds is 3. The van der Waals surface area contributed by atoms with Crippen molar-refractivity contribution in [2.24, 2.45) is 0 Å². The van der Waals surface area contributed by atoms with Crippen LogP contribution in [0.25, 0.3) is 5.70 Å². The van der Waals surface area contributed by atoms with Crippen molar-refractivity contribution in [3.63, 3.8) is 0 Å². The van der Waals surface area contributed by atoms with Crippen LogP contribution in [0.2, 0.25) is 0 Å². The molecular weight excluding hydrogens is 399 g/mol. The Balaban J connectivity index is 1.72. The van der Waals surface area contributed by atoms with Crippen molar-refractivity contribution in [1.82, 2.24) is 0 Å². The lowest BCUT2D eigenvalue weighted by Gasteiger charge is -2.23. The van der Waals surface area contributed by atoms with Gasteiger partial charge in [0.1, 0.15) is 16.3 Å². The Labute approximate surface area is 178 Å². The molecule has 2 aliphatic rings. The minimum atomic E-state index is -0.955. The largest absolute Gasteiger partial charge is 0.494 e. The van der Waals surface area contributed by atoms with Gasteiger partial charge in [0, 0.05) is 21.8 Å². The predicted octanol–water partition coefficient (Wildman–Crippen LogP) is 5.63. The molecule has 1 spiro atoms. The fourth-order valence-electron chi connectivity index (χ4n) is 3.82. The molecule has 2 heterocycles. The van der Waals surface area contributed by atoms with Crippen LogP contribution in [-0.4, -0.2) is 12.5 Å². The topological polar surface area (TPSA) is 50.4 Å². The van der Waals surface area contributed by atoms with Gasteiger partial charge in [0.25, 0.3) is 0 Å². The summed E-state index contributed by atoms with van der Waals surface area (Å²) in [4.78, 5) is 14.2. The Morgan fingerprint density at radius 3 is 2.60 bits per heavy atom. The molecule has 0 aliphatic carbocycles. The molecule has 0 aromatic heterocycles. The quantitative estimate of drug-likeness (QED) is 0.579. The van der Waals surface area contributed by atoms with Gasteiger partial charge in [0.15, 0.2) is 0 Å². The molecule has 1 atom stereocenters. The molecule has 0 fully saturated rings. The minimum Gasteiger partial charge on any atom is -0.494 e. The summed E-state index contributed by atoms with van der Waals surface area (Å²) in [6.45, 7) is 2.50. The van der Waals surface area contributed by atoms with E-state index < -0.39 is 4.75 Å². The average molecular weight is 418 g/mol. The summed E-state index contributed by atoms with van der Waals surface area (Å²) >= 11 is 1.48. The molecule has 3 aromatic carbocycles. The van der Waals surface area contributed by atoms with Crippen molar-refractivity contribution in [3.05, 3.63) is 89.8 Å². The number of amides is 1. The summed E-state index contributed by atoms with van der Waals surface area (Å²) in [6, 6.07) is 19.8. The third kappa shape index (κ3) is 3.04. The number of hydrogen-bond donors (Lipinski definition) is 2. The summed E-state index contributed by atoms with van der Waals surface area (Å²) in [6.07, 6.45) is 1.94. The van der Waals surface area contributed by atoms with E-state index in [1.54, 1.807) is 12.1 Å². The first-order chi connectivity index (χ1) is 14.6. The summed E-state index contributed by atoms with van der Waals surface area (Å²) in [7, 11) is 0. The van der Waals surface area contributed by atoms with Crippen LogP contribution < -0.4 is 15.4 Å². The number of nitrogens with one attached hydrogen (secondary N) is 2. The maximum Gasteiger partial charge on any atom is 0.249 e. The van der Waals surface area contributed by atoms with Gasteiger partial charge in [-0.3, -0.25) is 4.79 Å². The second-order valence-electron chi connectivity index (χ2n) is 7.12. The lowest BCUT2D eigenvalue weighted by molar-refractivity contribution is -0.116. The second-order valence-corrected chi connectivity index (χ2v) is 8.41. The Morgan fingerprint density at radius 1 is 1.00 bits per heavy atom. The minimum absolute atomic E-state index is 0.107. The number of para-hydroxylation sites is 1. The predicted molar refractivity (Wildman–Crippen MR) is 118 cm³/mol. The second kappa shape index (κ2) is 7.22. The van der Waals surface area contributed by atoms with Crippen LogP contribution in [0.4, 0.5) is 15.8 Å². The highest BCUT2D eigenvalue weighted by molar-refractivity contribution is 8.01. The van der Waals surface area contributed by atoms with Crippen molar-refractivity contribution >= 4 is 34.7 Å². The van der Waals surface area contributed by atoms with Gasteiger partial charge in [0.05, 0.1) is 12.3 Å². The Hall–Kier alpha value is -3.25. The van der Waals surface area contributed by atoms with Crippen molar-refractivity contribution in [2.45, 2.75) is 16.6 Å². The fourth-order valence-corrected chi connectivity index (χ4v) is 5.18.